The highest BCUT2D eigenvalue weighted by molar-refractivity contribution is 5.93. The van der Waals surface area contributed by atoms with E-state index in [1.165, 1.54) is 7.11 Å². The zero-order valence-electron chi connectivity index (χ0n) is 17.5. The van der Waals surface area contributed by atoms with Crippen molar-refractivity contribution in [1.29, 1.82) is 0 Å². The van der Waals surface area contributed by atoms with Crippen molar-refractivity contribution in [3.8, 4) is 11.5 Å². The van der Waals surface area contributed by atoms with Crippen LogP contribution in [0.15, 0.2) is 47.5 Å². The van der Waals surface area contributed by atoms with Crippen molar-refractivity contribution < 1.29 is 14.6 Å². The standard InChI is InChI=1S/C22H30N4O3/c1-5-23-22(24-14-13-17-7-6-8-19(29-4)20(17)27)25-15-16-9-11-18(12-10-16)21(28)26(2)3/h6-12,27H,5,13-15H2,1-4H3,(H2,23,24,25). The summed E-state index contributed by atoms with van der Waals surface area (Å²) < 4.78 is 5.15. The minimum absolute atomic E-state index is 0.0177. The maximum Gasteiger partial charge on any atom is 0.253 e. The first kappa shape index (κ1) is 22.1. The molecule has 7 heteroatoms. The molecule has 0 saturated carbocycles. The Balaban J connectivity index is 1.95. The van der Waals surface area contributed by atoms with Gasteiger partial charge in [-0.2, -0.15) is 0 Å². The summed E-state index contributed by atoms with van der Waals surface area (Å²) in [6.07, 6.45) is 0.634. The van der Waals surface area contributed by atoms with Crippen LogP contribution in [0.1, 0.15) is 28.4 Å². The Morgan fingerprint density at radius 3 is 2.48 bits per heavy atom. The van der Waals surface area contributed by atoms with Crippen molar-refractivity contribution in [2.24, 2.45) is 4.99 Å². The number of nitrogens with zero attached hydrogens (tertiary/aromatic N) is 2. The molecule has 0 aliphatic rings. The van der Waals surface area contributed by atoms with Gasteiger partial charge < -0.3 is 25.4 Å². The number of hydrogen-bond acceptors (Lipinski definition) is 4. The molecule has 2 rings (SSSR count). The first-order valence-electron chi connectivity index (χ1n) is 9.63. The molecule has 0 aromatic heterocycles. The third-order valence-corrected chi connectivity index (χ3v) is 4.36. The summed E-state index contributed by atoms with van der Waals surface area (Å²) in [6.45, 7) is 3.86. The van der Waals surface area contributed by atoms with Crippen molar-refractivity contribution in [1.82, 2.24) is 15.5 Å². The summed E-state index contributed by atoms with van der Waals surface area (Å²) >= 11 is 0. The lowest BCUT2D eigenvalue weighted by Crippen LogP contribution is -2.38. The number of benzene rings is 2. The Morgan fingerprint density at radius 1 is 1.14 bits per heavy atom. The van der Waals surface area contributed by atoms with Gasteiger partial charge in [-0.25, -0.2) is 4.99 Å². The maximum absolute atomic E-state index is 12.0. The predicted molar refractivity (Wildman–Crippen MR) is 116 cm³/mol. The fourth-order valence-electron chi connectivity index (χ4n) is 2.77. The van der Waals surface area contributed by atoms with Gasteiger partial charge in [-0.15, -0.1) is 0 Å². The van der Waals surface area contributed by atoms with E-state index in [2.05, 4.69) is 15.6 Å². The molecule has 0 atom stereocenters. The molecule has 0 bridgehead atoms. The van der Waals surface area contributed by atoms with Gasteiger partial charge in [0.1, 0.15) is 0 Å². The van der Waals surface area contributed by atoms with E-state index < -0.39 is 0 Å². The summed E-state index contributed by atoms with van der Waals surface area (Å²) in [5, 5.41) is 16.7. The molecule has 7 nitrogen and oxygen atoms in total. The molecule has 29 heavy (non-hydrogen) atoms. The van der Waals surface area contributed by atoms with E-state index in [4.69, 9.17) is 4.74 Å². The number of methoxy groups -OCH3 is 1. The van der Waals surface area contributed by atoms with E-state index >= 15 is 0 Å². The van der Waals surface area contributed by atoms with Crippen LogP contribution in [0.25, 0.3) is 0 Å². The number of para-hydroxylation sites is 1. The van der Waals surface area contributed by atoms with Crippen LogP contribution < -0.4 is 15.4 Å². The fourth-order valence-corrected chi connectivity index (χ4v) is 2.77. The number of guanidine groups is 1. The Bertz CT molecular complexity index is 832. The van der Waals surface area contributed by atoms with E-state index in [1.54, 1.807) is 25.1 Å². The predicted octanol–water partition coefficient (Wildman–Crippen LogP) is 2.40. The van der Waals surface area contributed by atoms with Crippen LogP contribution in [0.4, 0.5) is 0 Å². The highest BCUT2D eigenvalue weighted by Gasteiger charge is 2.08. The van der Waals surface area contributed by atoms with Gasteiger partial charge in [-0.3, -0.25) is 4.79 Å². The second kappa shape index (κ2) is 10.9. The minimum atomic E-state index is -0.0177. The fraction of sp³-hybridized carbons (Fsp3) is 0.364. The quantitative estimate of drug-likeness (QED) is 0.470. The number of aromatic hydroxyl groups is 1. The Hall–Kier alpha value is -3.22. The van der Waals surface area contributed by atoms with Crippen LogP contribution in [0.2, 0.25) is 0 Å². The molecular formula is C22H30N4O3. The Labute approximate surface area is 172 Å². The number of aliphatic imine (C=N–C) groups is 1. The molecule has 0 spiro atoms. The van der Waals surface area contributed by atoms with E-state index in [0.29, 0.717) is 36.8 Å². The lowest BCUT2D eigenvalue weighted by Gasteiger charge is -2.13. The van der Waals surface area contributed by atoms with Crippen molar-refractivity contribution in [3.05, 3.63) is 59.2 Å². The van der Waals surface area contributed by atoms with E-state index in [9.17, 15) is 9.90 Å². The number of phenols is 1. The van der Waals surface area contributed by atoms with Gasteiger partial charge in [-0.1, -0.05) is 24.3 Å². The number of hydrogen-bond donors (Lipinski definition) is 3. The highest BCUT2D eigenvalue weighted by Crippen LogP contribution is 2.29. The molecule has 2 aromatic rings. The molecule has 0 unspecified atom stereocenters. The first-order valence-corrected chi connectivity index (χ1v) is 9.63. The number of nitrogens with one attached hydrogen (secondary N) is 2. The van der Waals surface area contributed by atoms with Gasteiger partial charge in [0, 0.05) is 32.7 Å². The van der Waals surface area contributed by atoms with Gasteiger partial charge in [-0.05, 0) is 42.7 Å². The second-order valence-electron chi connectivity index (χ2n) is 6.74. The summed E-state index contributed by atoms with van der Waals surface area (Å²) in [5.74, 6) is 1.32. The molecule has 0 aliphatic carbocycles. The molecule has 0 aliphatic heterocycles. The average molecular weight is 399 g/mol. The van der Waals surface area contributed by atoms with Crippen LogP contribution in [-0.2, 0) is 13.0 Å². The largest absolute Gasteiger partial charge is 0.504 e. The summed E-state index contributed by atoms with van der Waals surface area (Å²) in [5.41, 5.74) is 2.49. The summed E-state index contributed by atoms with van der Waals surface area (Å²) in [6, 6.07) is 12.9. The number of carbonyl (C=O) groups excluding carboxylic acids is 1. The zero-order chi connectivity index (χ0) is 21.2. The van der Waals surface area contributed by atoms with Crippen molar-refractivity contribution in [2.45, 2.75) is 19.9 Å². The molecular weight excluding hydrogens is 368 g/mol. The van der Waals surface area contributed by atoms with Gasteiger partial charge >= 0.3 is 0 Å². The van der Waals surface area contributed by atoms with Gasteiger partial charge in [0.2, 0.25) is 0 Å². The molecule has 156 valence electrons. The van der Waals surface area contributed by atoms with E-state index in [0.717, 1.165) is 17.7 Å². The minimum Gasteiger partial charge on any atom is -0.504 e. The summed E-state index contributed by atoms with van der Waals surface area (Å²) in [4.78, 5) is 18.1. The number of amides is 1. The number of carbonyl (C=O) groups is 1. The molecule has 1 amide bonds. The van der Waals surface area contributed by atoms with Gasteiger partial charge in [0.15, 0.2) is 17.5 Å². The highest BCUT2D eigenvalue weighted by atomic mass is 16.5. The lowest BCUT2D eigenvalue weighted by atomic mass is 10.1. The maximum atomic E-state index is 12.0. The monoisotopic (exact) mass is 398 g/mol. The second-order valence-corrected chi connectivity index (χ2v) is 6.74. The number of phenolic OH excluding ortho intramolecular Hbond substituents is 1. The van der Waals surface area contributed by atoms with Crippen LogP contribution in [0.5, 0.6) is 11.5 Å². The van der Waals surface area contributed by atoms with E-state index in [-0.39, 0.29) is 11.7 Å². The third-order valence-electron chi connectivity index (χ3n) is 4.36. The molecule has 3 N–H and O–H groups in total. The van der Waals surface area contributed by atoms with E-state index in [1.807, 2.05) is 43.3 Å². The van der Waals surface area contributed by atoms with Crippen molar-refractivity contribution in [3.63, 3.8) is 0 Å². The molecule has 0 heterocycles. The molecule has 0 saturated heterocycles. The number of ether oxygens (including phenoxy) is 1. The summed E-state index contributed by atoms with van der Waals surface area (Å²) in [7, 11) is 5.01. The average Bonchev–Trinajstić information content (AvgIpc) is 2.73. The molecule has 0 fully saturated rings. The smallest absolute Gasteiger partial charge is 0.253 e. The normalized spacial score (nSPS) is 11.1. The SMILES string of the molecule is CCNC(=NCc1ccc(C(=O)N(C)C)cc1)NCCc1cccc(OC)c1O. The van der Waals surface area contributed by atoms with Gasteiger partial charge in [0.05, 0.1) is 13.7 Å². The zero-order valence-corrected chi connectivity index (χ0v) is 17.5. The van der Waals surface area contributed by atoms with Crippen LogP contribution in [-0.4, -0.2) is 56.2 Å². The Morgan fingerprint density at radius 2 is 1.86 bits per heavy atom. The molecule has 0 radical (unpaired) electrons. The van der Waals surface area contributed by atoms with Crippen LogP contribution in [0.3, 0.4) is 0 Å². The van der Waals surface area contributed by atoms with Gasteiger partial charge in [0.25, 0.3) is 5.91 Å². The van der Waals surface area contributed by atoms with Crippen LogP contribution >= 0.6 is 0 Å². The Kier molecular flexibility index (Phi) is 8.33. The number of rotatable bonds is 8. The third kappa shape index (κ3) is 6.41. The van der Waals surface area contributed by atoms with Crippen molar-refractivity contribution in [2.75, 3.05) is 34.3 Å². The lowest BCUT2D eigenvalue weighted by molar-refractivity contribution is 0.0827. The van der Waals surface area contributed by atoms with Crippen LogP contribution in [0, 0.1) is 0 Å². The topological polar surface area (TPSA) is 86.2 Å². The first-order chi connectivity index (χ1) is 14.0. The molecule has 2 aromatic carbocycles. The van der Waals surface area contributed by atoms with Crippen molar-refractivity contribution >= 4 is 11.9 Å².